The first-order chi connectivity index (χ1) is 9.97. The maximum Gasteiger partial charge on any atom is 0.222 e. The third-order valence-electron chi connectivity index (χ3n) is 2.35. The number of hydrogen-bond donors (Lipinski definition) is 0. The molecule has 23 heavy (non-hydrogen) atoms. The number of carbonyl (C=O) groups excluding carboxylic acids is 1. The lowest BCUT2D eigenvalue weighted by Gasteiger charge is -1.97. The molecule has 0 bridgehead atoms. The molecule has 0 aliphatic carbocycles. The molecular formula is C17H17Cl2F2NO. The standard InChI is InChI=1S/C8H6ClFO.C7H3ClFN.2CH4/c9-7-2-1-6(3-4-11)8(10)5-7;1-10-7-3-2-5(8)4-6(7)9;;/h1-2,4-5H,3H2;2-4H;2*1H4. The first-order valence-corrected chi connectivity index (χ1v) is 6.43. The minimum Gasteiger partial charge on any atom is -0.303 e. The minimum absolute atomic E-state index is 0. The Morgan fingerprint density at radius 1 is 1.00 bits per heavy atom. The van der Waals surface area contributed by atoms with Crippen molar-refractivity contribution in [1.82, 2.24) is 0 Å². The normalized spacial score (nSPS) is 8.48. The van der Waals surface area contributed by atoms with Crippen LogP contribution in [0.25, 0.3) is 4.85 Å². The topological polar surface area (TPSA) is 21.4 Å². The van der Waals surface area contributed by atoms with Crippen molar-refractivity contribution in [3.05, 3.63) is 75.1 Å². The van der Waals surface area contributed by atoms with Crippen LogP contribution in [0.5, 0.6) is 0 Å². The summed E-state index contributed by atoms with van der Waals surface area (Å²) < 4.78 is 25.3. The first kappa shape index (κ1) is 23.3. The molecule has 124 valence electrons. The van der Waals surface area contributed by atoms with Crippen LogP contribution in [0.4, 0.5) is 14.5 Å². The molecule has 0 unspecified atom stereocenters. The number of aldehydes is 1. The Morgan fingerprint density at radius 2 is 1.52 bits per heavy atom. The second-order valence-electron chi connectivity index (χ2n) is 3.81. The van der Waals surface area contributed by atoms with Gasteiger partial charge in [0.1, 0.15) is 17.9 Å². The molecule has 2 rings (SSSR count). The molecule has 0 saturated carbocycles. The quantitative estimate of drug-likeness (QED) is 0.441. The van der Waals surface area contributed by atoms with Gasteiger partial charge < -0.3 is 4.79 Å². The zero-order valence-electron chi connectivity index (χ0n) is 10.6. The van der Waals surface area contributed by atoms with E-state index in [2.05, 4.69) is 4.85 Å². The highest BCUT2D eigenvalue weighted by Crippen LogP contribution is 2.20. The van der Waals surface area contributed by atoms with Crippen LogP contribution in [-0.4, -0.2) is 6.29 Å². The second kappa shape index (κ2) is 11.6. The number of nitrogens with zero attached hydrogens (tertiary/aromatic N) is 1. The number of halogens is 4. The zero-order valence-corrected chi connectivity index (χ0v) is 12.1. The van der Waals surface area contributed by atoms with Crippen molar-refractivity contribution in [2.75, 3.05) is 0 Å². The Hall–Kier alpha value is -1.96. The van der Waals surface area contributed by atoms with Crippen molar-refractivity contribution in [2.24, 2.45) is 0 Å². The molecule has 0 N–H and O–H groups in total. The van der Waals surface area contributed by atoms with Crippen molar-refractivity contribution in [2.45, 2.75) is 21.3 Å². The van der Waals surface area contributed by atoms with E-state index >= 15 is 0 Å². The predicted octanol–water partition coefficient (Wildman–Crippen LogP) is 6.52. The molecular weight excluding hydrogens is 343 g/mol. The van der Waals surface area contributed by atoms with Gasteiger partial charge in [-0.2, -0.15) is 0 Å². The number of rotatable bonds is 2. The highest BCUT2D eigenvalue weighted by atomic mass is 35.5. The summed E-state index contributed by atoms with van der Waals surface area (Å²) in [6.45, 7) is 6.50. The number of hydrogen-bond acceptors (Lipinski definition) is 1. The molecule has 0 amide bonds. The third-order valence-corrected chi connectivity index (χ3v) is 2.82. The van der Waals surface area contributed by atoms with Crippen LogP contribution in [0, 0.1) is 18.2 Å². The van der Waals surface area contributed by atoms with Crippen molar-refractivity contribution in [1.29, 1.82) is 0 Å². The van der Waals surface area contributed by atoms with Gasteiger partial charge in [-0.15, -0.1) is 0 Å². The lowest BCUT2D eigenvalue weighted by atomic mass is 10.1. The monoisotopic (exact) mass is 359 g/mol. The van der Waals surface area contributed by atoms with E-state index in [1.807, 2.05) is 0 Å². The van der Waals surface area contributed by atoms with Gasteiger partial charge in [-0.05, 0) is 23.8 Å². The summed E-state index contributed by atoms with van der Waals surface area (Å²) in [5, 5.41) is 0.655. The average Bonchev–Trinajstić information content (AvgIpc) is 2.43. The van der Waals surface area contributed by atoms with E-state index in [0.29, 0.717) is 21.9 Å². The Morgan fingerprint density at radius 3 is 1.96 bits per heavy atom. The van der Waals surface area contributed by atoms with Crippen LogP contribution in [0.15, 0.2) is 36.4 Å². The smallest absolute Gasteiger partial charge is 0.222 e. The van der Waals surface area contributed by atoms with E-state index in [1.54, 1.807) is 6.07 Å². The fourth-order valence-electron chi connectivity index (χ4n) is 1.35. The van der Waals surface area contributed by atoms with Crippen molar-refractivity contribution < 1.29 is 13.6 Å². The van der Waals surface area contributed by atoms with Crippen LogP contribution in [0.2, 0.25) is 10.0 Å². The first-order valence-electron chi connectivity index (χ1n) is 5.68. The van der Waals surface area contributed by atoms with E-state index in [1.165, 1.54) is 24.3 Å². The van der Waals surface area contributed by atoms with Gasteiger partial charge in [0.25, 0.3) is 0 Å². The molecule has 0 spiro atoms. The molecule has 0 aromatic heterocycles. The molecule has 0 heterocycles. The Bertz CT molecular complexity index is 685. The molecule has 2 nitrogen and oxygen atoms in total. The highest BCUT2D eigenvalue weighted by Gasteiger charge is 2.01. The van der Waals surface area contributed by atoms with Gasteiger partial charge in [0, 0.05) is 16.5 Å². The van der Waals surface area contributed by atoms with Crippen LogP contribution in [0.1, 0.15) is 20.4 Å². The molecule has 0 radical (unpaired) electrons. The van der Waals surface area contributed by atoms with Gasteiger partial charge in [-0.3, -0.25) is 0 Å². The van der Waals surface area contributed by atoms with Crippen LogP contribution in [0.3, 0.4) is 0 Å². The van der Waals surface area contributed by atoms with E-state index < -0.39 is 11.6 Å². The third kappa shape index (κ3) is 7.73. The maximum absolute atomic E-state index is 12.8. The fourth-order valence-corrected chi connectivity index (χ4v) is 1.67. The SMILES string of the molecule is C.C.O=CCc1ccc(Cl)cc1F.[C-]#[N+]c1ccc(Cl)cc1F. The summed E-state index contributed by atoms with van der Waals surface area (Å²) in [6, 6.07) is 8.22. The summed E-state index contributed by atoms with van der Waals surface area (Å²) in [7, 11) is 0. The van der Waals surface area contributed by atoms with Gasteiger partial charge in [0.2, 0.25) is 5.69 Å². The van der Waals surface area contributed by atoms with Crippen molar-refractivity contribution in [3.8, 4) is 0 Å². The summed E-state index contributed by atoms with van der Waals surface area (Å²) >= 11 is 10.9. The molecule has 2 aromatic rings. The Labute approximate surface area is 145 Å². The maximum atomic E-state index is 12.8. The summed E-state index contributed by atoms with van der Waals surface area (Å²) in [6.07, 6.45) is 0.759. The van der Waals surface area contributed by atoms with E-state index in [-0.39, 0.29) is 27.0 Å². The van der Waals surface area contributed by atoms with E-state index in [4.69, 9.17) is 29.8 Å². The summed E-state index contributed by atoms with van der Waals surface area (Å²) in [4.78, 5) is 12.9. The van der Waals surface area contributed by atoms with Crippen molar-refractivity contribution >= 4 is 35.2 Å². The molecule has 2 aromatic carbocycles. The Kier molecular flexibility index (Phi) is 11.7. The van der Waals surface area contributed by atoms with Crippen LogP contribution >= 0.6 is 23.2 Å². The Balaban J connectivity index is 0. The lowest BCUT2D eigenvalue weighted by molar-refractivity contribution is -0.107. The fraction of sp³-hybridized carbons (Fsp3) is 0.176. The summed E-state index contributed by atoms with van der Waals surface area (Å²) in [5.41, 5.74) is 0.383. The highest BCUT2D eigenvalue weighted by molar-refractivity contribution is 6.30. The lowest BCUT2D eigenvalue weighted by Crippen LogP contribution is -1.90. The average molecular weight is 360 g/mol. The van der Waals surface area contributed by atoms with Gasteiger partial charge in [-0.1, -0.05) is 56.3 Å². The number of carbonyl (C=O) groups is 1. The molecule has 0 saturated heterocycles. The van der Waals surface area contributed by atoms with Crippen LogP contribution in [-0.2, 0) is 11.2 Å². The molecule has 0 aliphatic heterocycles. The molecule has 0 atom stereocenters. The van der Waals surface area contributed by atoms with Gasteiger partial charge in [0.05, 0.1) is 6.57 Å². The van der Waals surface area contributed by atoms with Gasteiger partial charge in [-0.25, -0.2) is 13.6 Å². The van der Waals surface area contributed by atoms with Crippen molar-refractivity contribution in [3.63, 3.8) is 0 Å². The largest absolute Gasteiger partial charge is 0.303 e. The molecule has 0 fully saturated rings. The van der Waals surface area contributed by atoms with E-state index in [9.17, 15) is 13.6 Å². The molecule has 0 aliphatic rings. The number of benzene rings is 2. The zero-order chi connectivity index (χ0) is 15.8. The predicted molar refractivity (Wildman–Crippen MR) is 92.3 cm³/mol. The minimum atomic E-state index is -0.567. The van der Waals surface area contributed by atoms with Crippen LogP contribution < -0.4 is 0 Å². The second-order valence-corrected chi connectivity index (χ2v) is 4.69. The summed E-state index contributed by atoms with van der Waals surface area (Å²) in [5.74, 6) is -0.993. The van der Waals surface area contributed by atoms with Gasteiger partial charge in [0.15, 0.2) is 0 Å². The molecule has 6 heteroatoms. The van der Waals surface area contributed by atoms with Gasteiger partial charge >= 0.3 is 0 Å². The van der Waals surface area contributed by atoms with E-state index in [0.717, 1.165) is 6.07 Å².